The third-order valence-corrected chi connectivity index (χ3v) is 12.0. The summed E-state index contributed by atoms with van der Waals surface area (Å²) >= 11 is 0. The molecule has 1 N–H and O–H groups in total. The van der Waals surface area contributed by atoms with Gasteiger partial charge in [-0.05, 0) is 157 Å². The molecule has 0 bridgehead atoms. The summed E-state index contributed by atoms with van der Waals surface area (Å²) in [6.07, 6.45) is 8.64. The number of carbonyl (C=O) groups excluding carboxylic acids is 4. The van der Waals surface area contributed by atoms with Crippen LogP contribution in [0.4, 0.5) is 9.59 Å². The fourth-order valence-corrected chi connectivity index (χ4v) is 8.86. The van der Waals surface area contributed by atoms with E-state index < -0.39 is 11.2 Å². The minimum absolute atomic E-state index is 0.0103. The smallest absolute Gasteiger partial charge is 0.410 e. The van der Waals surface area contributed by atoms with Crippen molar-refractivity contribution in [2.75, 3.05) is 66.8 Å². The van der Waals surface area contributed by atoms with Crippen molar-refractivity contribution in [1.29, 1.82) is 0 Å². The van der Waals surface area contributed by atoms with Gasteiger partial charge in [0.05, 0.1) is 31.4 Å². The average molecular weight is 969 g/mol. The van der Waals surface area contributed by atoms with E-state index in [4.69, 9.17) is 33.2 Å². The Balaban J connectivity index is 0.000000304. The van der Waals surface area contributed by atoms with Crippen LogP contribution in [0.3, 0.4) is 0 Å². The molecule has 16 nitrogen and oxygen atoms in total. The highest BCUT2D eigenvalue weighted by atomic mass is 16.6. The van der Waals surface area contributed by atoms with Crippen LogP contribution in [-0.4, -0.2) is 157 Å². The van der Waals surface area contributed by atoms with Gasteiger partial charge in [-0.2, -0.15) is 0 Å². The van der Waals surface area contributed by atoms with Gasteiger partial charge in [-0.3, -0.25) is 9.59 Å². The molecule has 0 aromatic heterocycles. The van der Waals surface area contributed by atoms with Gasteiger partial charge in [0.1, 0.15) is 11.2 Å². The van der Waals surface area contributed by atoms with Crippen LogP contribution in [0.5, 0.6) is 23.0 Å². The summed E-state index contributed by atoms with van der Waals surface area (Å²) in [5.74, 6) is 1.32. The van der Waals surface area contributed by atoms with Crippen molar-refractivity contribution in [2.45, 2.75) is 175 Å². The lowest BCUT2D eigenvalue weighted by atomic mass is 10.0. The van der Waals surface area contributed by atoms with E-state index in [2.05, 4.69) is 0 Å². The average Bonchev–Trinajstić information content (AvgIpc) is 3.80. The number of aromatic hydroxyl groups is 1. The van der Waals surface area contributed by atoms with Crippen molar-refractivity contribution < 1.29 is 57.4 Å². The van der Waals surface area contributed by atoms with Gasteiger partial charge in [0.2, 0.25) is 0 Å². The molecule has 1 aliphatic carbocycles. The molecule has 16 heteroatoms. The number of benzene rings is 2. The minimum atomic E-state index is -0.566. The molecule has 4 amide bonds. The highest BCUT2D eigenvalue weighted by Crippen LogP contribution is 2.35. The summed E-state index contributed by atoms with van der Waals surface area (Å²) < 4.78 is 39.3. The van der Waals surface area contributed by atoms with Crippen molar-refractivity contribution in [3.63, 3.8) is 0 Å². The quantitative estimate of drug-likeness (QED) is 0.141. The molecular weight excluding hydrogens is 885 g/mol. The zero-order chi connectivity index (χ0) is 50.9. The number of piperidine rings is 2. The van der Waals surface area contributed by atoms with Crippen LogP contribution in [0.25, 0.3) is 0 Å². The molecule has 0 radical (unpaired) electrons. The number of likely N-dealkylation sites (tertiary alicyclic amines) is 2. The molecule has 2 atom stereocenters. The standard InChI is InChI=1S/C29H46N2O6.C24H38N2O6/c1-21(2)31(23-11-9-16-30(20-23)28(33)37-29(3,4)5)27(32)22-14-15-25(36-24-12-7-8-13-24)26(19-22)35-18-10-17-34-6;1-17(2)26(19-9-7-12-25(16-19)23(29)32-24(3,4)5)22(28)18-10-11-20(27)21(15-18)31-14-8-13-30-6/h14-15,19,21,23-24H,7-13,16-18,20H2,1-6H3;10-11,15,17,19,27H,7-9,12-14,16H2,1-6H3/t23-;19-/m11/s1. The number of ether oxygens (including phenoxy) is 7. The summed E-state index contributed by atoms with van der Waals surface area (Å²) in [5.41, 5.74) is -0.126. The molecule has 2 aliphatic heterocycles. The first-order valence-electron chi connectivity index (χ1n) is 25.1. The van der Waals surface area contributed by atoms with E-state index in [1.807, 2.05) is 97.2 Å². The molecule has 2 saturated heterocycles. The van der Waals surface area contributed by atoms with Crippen LogP contribution in [0, 0.1) is 0 Å². The number of nitrogens with zero attached hydrogens (tertiary/aromatic N) is 4. The number of phenols is 1. The lowest BCUT2D eigenvalue weighted by molar-refractivity contribution is 0.00724. The maximum absolute atomic E-state index is 13.9. The third-order valence-electron chi connectivity index (χ3n) is 12.0. The van der Waals surface area contributed by atoms with Crippen LogP contribution in [0.1, 0.15) is 154 Å². The van der Waals surface area contributed by atoms with Crippen molar-refractivity contribution in [1.82, 2.24) is 19.6 Å². The molecule has 1 saturated carbocycles. The normalized spacial score (nSPS) is 17.8. The monoisotopic (exact) mass is 969 g/mol. The largest absolute Gasteiger partial charge is 0.504 e. The van der Waals surface area contributed by atoms with Crippen molar-refractivity contribution in [3.05, 3.63) is 47.5 Å². The molecule has 5 rings (SSSR count). The van der Waals surface area contributed by atoms with Crippen LogP contribution < -0.4 is 14.2 Å². The van der Waals surface area contributed by atoms with Crippen LogP contribution in [0.2, 0.25) is 0 Å². The van der Waals surface area contributed by atoms with Gasteiger partial charge in [0, 0.05) is 89.7 Å². The molecule has 0 spiro atoms. The number of hydrogen-bond acceptors (Lipinski definition) is 12. The van der Waals surface area contributed by atoms with E-state index in [1.54, 1.807) is 36.2 Å². The van der Waals surface area contributed by atoms with Crippen molar-refractivity contribution in [2.24, 2.45) is 0 Å². The zero-order valence-corrected chi connectivity index (χ0v) is 43.8. The van der Waals surface area contributed by atoms with Gasteiger partial charge in [0.25, 0.3) is 11.8 Å². The molecule has 0 unspecified atom stereocenters. The van der Waals surface area contributed by atoms with E-state index in [1.165, 1.54) is 18.9 Å². The van der Waals surface area contributed by atoms with Gasteiger partial charge in [-0.1, -0.05) is 0 Å². The Bertz CT molecular complexity index is 1940. The number of methoxy groups -OCH3 is 2. The molecule has 69 heavy (non-hydrogen) atoms. The SMILES string of the molecule is COCCCOc1cc(C(=O)N(C(C)C)[C@@H]2CCCN(C(=O)OC(C)(C)C)C2)ccc1O.COCCCOc1cc(C(=O)N(C(C)C)[C@@H]2CCCN(C(=O)OC(C)(C)C)C2)ccc1OC1CCCC1. The Morgan fingerprint density at radius 3 is 1.48 bits per heavy atom. The van der Waals surface area contributed by atoms with E-state index >= 15 is 0 Å². The highest BCUT2D eigenvalue weighted by Gasteiger charge is 2.36. The fourth-order valence-electron chi connectivity index (χ4n) is 8.86. The van der Waals surface area contributed by atoms with E-state index in [9.17, 15) is 24.3 Å². The molecule has 2 aromatic carbocycles. The summed E-state index contributed by atoms with van der Waals surface area (Å²) in [4.78, 5) is 59.7. The number of phenolic OH excluding ortho intramolecular Hbond substituents is 1. The Hall–Kier alpha value is -4.96. The first-order valence-corrected chi connectivity index (χ1v) is 25.1. The Morgan fingerprint density at radius 1 is 0.609 bits per heavy atom. The van der Waals surface area contributed by atoms with Crippen molar-refractivity contribution in [3.8, 4) is 23.0 Å². The van der Waals surface area contributed by atoms with E-state index in [0.29, 0.717) is 81.7 Å². The Labute approximate surface area is 412 Å². The molecule has 3 aliphatic rings. The second kappa shape index (κ2) is 26.9. The maximum atomic E-state index is 13.9. The van der Waals surface area contributed by atoms with E-state index in [-0.39, 0.29) is 65.8 Å². The Kier molecular flexibility index (Phi) is 22.0. The third kappa shape index (κ3) is 18.1. The zero-order valence-electron chi connectivity index (χ0n) is 43.8. The number of amides is 4. The molecule has 388 valence electrons. The summed E-state index contributed by atoms with van der Waals surface area (Å²) in [6, 6.07) is 9.86. The maximum Gasteiger partial charge on any atom is 0.410 e. The fraction of sp³-hybridized carbons (Fsp3) is 0.698. The summed E-state index contributed by atoms with van der Waals surface area (Å²) in [6.45, 7) is 23.2. The van der Waals surface area contributed by atoms with E-state index in [0.717, 1.165) is 44.9 Å². The topological polar surface area (TPSA) is 166 Å². The minimum Gasteiger partial charge on any atom is -0.504 e. The lowest BCUT2D eigenvalue weighted by Gasteiger charge is -2.41. The van der Waals surface area contributed by atoms with Gasteiger partial charge in [-0.15, -0.1) is 0 Å². The number of hydrogen-bond donors (Lipinski definition) is 1. The first kappa shape index (κ1) is 56.6. The van der Waals surface area contributed by atoms with Crippen LogP contribution >= 0.6 is 0 Å². The van der Waals surface area contributed by atoms with Gasteiger partial charge in [-0.25, -0.2) is 9.59 Å². The molecular formula is C53H84N4O12. The number of rotatable bonds is 18. The predicted octanol–water partition coefficient (Wildman–Crippen LogP) is 9.73. The lowest BCUT2D eigenvalue weighted by Crippen LogP contribution is -2.54. The summed E-state index contributed by atoms with van der Waals surface area (Å²) in [5, 5.41) is 10.1. The second-order valence-electron chi connectivity index (χ2n) is 20.8. The molecule has 2 aromatic rings. The van der Waals surface area contributed by atoms with Gasteiger partial charge in [0.15, 0.2) is 23.0 Å². The van der Waals surface area contributed by atoms with Crippen LogP contribution in [0.15, 0.2) is 36.4 Å². The van der Waals surface area contributed by atoms with Crippen LogP contribution in [-0.2, 0) is 18.9 Å². The first-order chi connectivity index (χ1) is 32.6. The van der Waals surface area contributed by atoms with Crippen molar-refractivity contribution >= 4 is 24.0 Å². The number of carbonyl (C=O) groups is 4. The van der Waals surface area contributed by atoms with Gasteiger partial charge >= 0.3 is 12.2 Å². The predicted molar refractivity (Wildman–Crippen MR) is 266 cm³/mol. The Morgan fingerprint density at radius 2 is 1.04 bits per heavy atom. The summed E-state index contributed by atoms with van der Waals surface area (Å²) in [7, 11) is 3.29. The highest BCUT2D eigenvalue weighted by molar-refractivity contribution is 5.96. The second-order valence-corrected chi connectivity index (χ2v) is 20.8. The molecule has 2 heterocycles. The molecule has 3 fully saturated rings. The van der Waals surface area contributed by atoms with Gasteiger partial charge < -0.3 is 57.9 Å².